The smallest absolute Gasteiger partial charge is 0.306 e. The minimum atomic E-state index is -0.788. The highest BCUT2D eigenvalue weighted by atomic mass is 16.6. The molecular weight excluding hydrogens is 961 g/mol. The van der Waals surface area contributed by atoms with Crippen LogP contribution in [0, 0.1) is 0 Å². The van der Waals surface area contributed by atoms with Gasteiger partial charge in [-0.1, -0.05) is 305 Å². The number of ether oxygens (including phenoxy) is 3. The maximum atomic E-state index is 12.9. The molecule has 0 saturated carbocycles. The lowest BCUT2D eigenvalue weighted by atomic mass is 10.0. The summed E-state index contributed by atoms with van der Waals surface area (Å²) in [5.41, 5.74) is 0. The number of carbonyl (C=O) groups is 3. The van der Waals surface area contributed by atoms with Crippen LogP contribution in [0.2, 0.25) is 0 Å². The van der Waals surface area contributed by atoms with Gasteiger partial charge in [0.15, 0.2) is 6.10 Å². The van der Waals surface area contributed by atoms with Gasteiger partial charge in [0.25, 0.3) is 0 Å². The SMILES string of the molecule is CC/C=C\C/C=C\C/C=C\C/C=C\C/C=C\CCCCCCCC(=O)OCC(COC(=O)CCCCCCCCCCCCCCCCCCCC)OC(=O)CCCCCCCCCCC/C=C\C/C=C\CCCCCCC. The third kappa shape index (κ3) is 63.4. The molecule has 0 aliphatic carbocycles. The van der Waals surface area contributed by atoms with E-state index in [9.17, 15) is 14.4 Å². The molecule has 0 spiro atoms. The van der Waals surface area contributed by atoms with Crippen molar-refractivity contribution in [3.8, 4) is 0 Å². The normalized spacial score (nSPS) is 12.6. The second-order valence-corrected chi connectivity index (χ2v) is 22.4. The molecule has 1 atom stereocenters. The van der Waals surface area contributed by atoms with Gasteiger partial charge in [-0.25, -0.2) is 0 Å². The minimum Gasteiger partial charge on any atom is -0.462 e. The fraction of sp³-hybridized carbons (Fsp3) is 0.764. The molecule has 0 bridgehead atoms. The third-order valence-electron chi connectivity index (χ3n) is 14.6. The lowest BCUT2D eigenvalue weighted by Crippen LogP contribution is -2.30. The maximum absolute atomic E-state index is 12.9. The van der Waals surface area contributed by atoms with E-state index in [1.54, 1.807) is 0 Å². The molecule has 0 aromatic heterocycles. The van der Waals surface area contributed by atoms with Crippen LogP contribution in [0.5, 0.6) is 0 Å². The van der Waals surface area contributed by atoms with E-state index < -0.39 is 6.10 Å². The van der Waals surface area contributed by atoms with Crippen LogP contribution in [0.3, 0.4) is 0 Å². The highest BCUT2D eigenvalue weighted by Gasteiger charge is 2.19. The van der Waals surface area contributed by atoms with Crippen LogP contribution in [-0.4, -0.2) is 37.2 Å². The topological polar surface area (TPSA) is 78.9 Å². The molecule has 0 radical (unpaired) electrons. The molecular formula is C72H126O6. The molecule has 6 nitrogen and oxygen atoms in total. The van der Waals surface area contributed by atoms with Crippen LogP contribution in [0.1, 0.15) is 335 Å². The molecule has 6 heteroatoms. The highest BCUT2D eigenvalue weighted by Crippen LogP contribution is 2.17. The van der Waals surface area contributed by atoms with Crippen LogP contribution in [0.15, 0.2) is 85.1 Å². The number of allylic oxidation sites excluding steroid dienone is 14. The molecule has 0 aromatic carbocycles. The van der Waals surface area contributed by atoms with Gasteiger partial charge in [0.1, 0.15) is 13.2 Å². The van der Waals surface area contributed by atoms with Gasteiger partial charge in [-0.15, -0.1) is 0 Å². The van der Waals surface area contributed by atoms with Crippen LogP contribution in [0.4, 0.5) is 0 Å². The van der Waals surface area contributed by atoms with Crippen molar-refractivity contribution in [3.63, 3.8) is 0 Å². The summed E-state index contributed by atoms with van der Waals surface area (Å²) < 4.78 is 17.0. The fourth-order valence-corrected chi connectivity index (χ4v) is 9.62. The van der Waals surface area contributed by atoms with Gasteiger partial charge in [-0.05, 0) is 96.3 Å². The zero-order valence-corrected chi connectivity index (χ0v) is 51.7. The van der Waals surface area contributed by atoms with Crippen LogP contribution < -0.4 is 0 Å². The zero-order valence-electron chi connectivity index (χ0n) is 51.7. The van der Waals surface area contributed by atoms with Gasteiger partial charge < -0.3 is 14.2 Å². The largest absolute Gasteiger partial charge is 0.462 e. The van der Waals surface area contributed by atoms with E-state index in [1.807, 2.05) is 0 Å². The van der Waals surface area contributed by atoms with Crippen molar-refractivity contribution < 1.29 is 28.6 Å². The van der Waals surface area contributed by atoms with Crippen molar-refractivity contribution >= 4 is 17.9 Å². The van der Waals surface area contributed by atoms with Crippen molar-refractivity contribution in [2.24, 2.45) is 0 Å². The fourth-order valence-electron chi connectivity index (χ4n) is 9.62. The summed E-state index contributed by atoms with van der Waals surface area (Å²) in [5.74, 6) is -0.888. The van der Waals surface area contributed by atoms with Crippen LogP contribution >= 0.6 is 0 Å². The minimum absolute atomic E-state index is 0.0816. The Kier molecular flexibility index (Phi) is 63.2. The molecule has 0 rings (SSSR count). The summed E-state index contributed by atoms with van der Waals surface area (Å²) in [7, 11) is 0. The molecule has 0 saturated heterocycles. The molecule has 1 unspecified atom stereocenters. The average molecular weight is 1090 g/mol. The zero-order chi connectivity index (χ0) is 56.4. The third-order valence-corrected chi connectivity index (χ3v) is 14.6. The summed E-state index contributed by atoms with van der Waals surface area (Å²) in [6, 6.07) is 0. The quantitative estimate of drug-likeness (QED) is 0.0261. The van der Waals surface area contributed by atoms with E-state index >= 15 is 0 Å². The first-order valence-electron chi connectivity index (χ1n) is 33.6. The number of unbranched alkanes of at least 4 members (excludes halogenated alkanes) is 36. The molecule has 0 aromatic rings. The number of rotatable bonds is 61. The van der Waals surface area contributed by atoms with Gasteiger partial charge in [0.2, 0.25) is 0 Å². The van der Waals surface area contributed by atoms with E-state index in [4.69, 9.17) is 14.2 Å². The summed E-state index contributed by atoms with van der Waals surface area (Å²) in [4.78, 5) is 38.4. The van der Waals surface area contributed by atoms with E-state index in [0.29, 0.717) is 19.3 Å². The van der Waals surface area contributed by atoms with E-state index in [2.05, 4.69) is 106 Å². The van der Waals surface area contributed by atoms with Crippen LogP contribution in [0.25, 0.3) is 0 Å². The second kappa shape index (κ2) is 66.1. The number of hydrogen-bond donors (Lipinski definition) is 0. The Morgan fingerprint density at radius 1 is 0.269 bits per heavy atom. The molecule has 0 fully saturated rings. The lowest BCUT2D eigenvalue weighted by Gasteiger charge is -2.18. The summed E-state index contributed by atoms with van der Waals surface area (Å²) in [6.07, 6.45) is 87.3. The predicted molar refractivity (Wildman–Crippen MR) is 339 cm³/mol. The molecule has 0 amide bonds. The van der Waals surface area contributed by atoms with Gasteiger partial charge in [0.05, 0.1) is 0 Å². The Labute approximate surface area is 484 Å². The second-order valence-electron chi connectivity index (χ2n) is 22.4. The summed E-state index contributed by atoms with van der Waals surface area (Å²) in [5, 5.41) is 0. The Bertz CT molecular complexity index is 1480. The standard InChI is InChI=1S/C72H126O6/c1-4-7-10-13-16-19-22-25-28-31-34-36-38-41-44-47-50-53-56-59-62-65-71(74)77-68-69(67-76-70(73)64-61-58-55-52-49-46-43-40-33-30-27-24-21-18-15-12-9-6-3)78-72(75)66-63-60-57-54-51-48-45-42-39-37-35-32-29-26-23-20-17-14-11-8-5-2/h7,10,16,19,23,25-26,28,32,34-36,41,44,69H,4-6,8-9,11-15,17-18,20-22,24,27,29-31,33,37-40,42-43,45-68H2,1-3H3/b10-7-,19-16-,26-23-,28-25-,35-32-,36-34-,44-41-. The Hall–Kier alpha value is -3.41. The van der Waals surface area contributed by atoms with Crippen molar-refractivity contribution in [2.45, 2.75) is 341 Å². The van der Waals surface area contributed by atoms with E-state index in [-0.39, 0.29) is 31.1 Å². The Morgan fingerprint density at radius 3 is 0.782 bits per heavy atom. The highest BCUT2D eigenvalue weighted by molar-refractivity contribution is 5.71. The van der Waals surface area contributed by atoms with E-state index in [0.717, 1.165) is 116 Å². The number of hydrogen-bond acceptors (Lipinski definition) is 6. The number of carbonyl (C=O) groups excluding carboxylic acids is 3. The van der Waals surface area contributed by atoms with Gasteiger partial charge in [-0.2, -0.15) is 0 Å². The average Bonchev–Trinajstić information content (AvgIpc) is 3.44. The first kappa shape index (κ1) is 74.6. The lowest BCUT2D eigenvalue weighted by molar-refractivity contribution is -0.167. The van der Waals surface area contributed by atoms with Gasteiger partial charge in [0, 0.05) is 19.3 Å². The monoisotopic (exact) mass is 1090 g/mol. The molecule has 0 aliphatic heterocycles. The molecule has 0 N–H and O–H groups in total. The maximum Gasteiger partial charge on any atom is 0.306 e. The van der Waals surface area contributed by atoms with Crippen LogP contribution in [-0.2, 0) is 28.6 Å². The number of esters is 3. The van der Waals surface area contributed by atoms with Crippen molar-refractivity contribution in [2.75, 3.05) is 13.2 Å². The molecule has 0 heterocycles. The summed E-state index contributed by atoms with van der Waals surface area (Å²) in [6.45, 7) is 6.54. The Balaban J connectivity index is 4.41. The van der Waals surface area contributed by atoms with Gasteiger partial charge in [-0.3, -0.25) is 14.4 Å². The molecule has 450 valence electrons. The van der Waals surface area contributed by atoms with Crippen molar-refractivity contribution in [1.82, 2.24) is 0 Å². The van der Waals surface area contributed by atoms with Crippen molar-refractivity contribution in [1.29, 1.82) is 0 Å². The first-order valence-corrected chi connectivity index (χ1v) is 33.6. The molecule has 0 aliphatic rings. The first-order chi connectivity index (χ1) is 38.5. The Morgan fingerprint density at radius 2 is 0.500 bits per heavy atom. The summed E-state index contributed by atoms with van der Waals surface area (Å²) >= 11 is 0. The van der Waals surface area contributed by atoms with Crippen molar-refractivity contribution in [3.05, 3.63) is 85.1 Å². The predicted octanol–water partition coefficient (Wildman–Crippen LogP) is 23.1. The van der Waals surface area contributed by atoms with Gasteiger partial charge >= 0.3 is 17.9 Å². The molecule has 78 heavy (non-hydrogen) atoms. The van der Waals surface area contributed by atoms with E-state index in [1.165, 1.54) is 180 Å².